The number of alkyl halides is 1. The van der Waals surface area contributed by atoms with Crippen molar-refractivity contribution in [1.82, 2.24) is 0 Å². The fourth-order valence-electron chi connectivity index (χ4n) is 1.06. The summed E-state index contributed by atoms with van der Waals surface area (Å²) in [5, 5.41) is 0. The van der Waals surface area contributed by atoms with Crippen LogP contribution in [0, 0.1) is 0 Å². The molecule has 0 unspecified atom stereocenters. The number of halogens is 1. The molecular formula is C7H13ClO2. The van der Waals surface area contributed by atoms with E-state index in [0.29, 0.717) is 6.61 Å². The molecule has 0 bridgehead atoms. The molecule has 1 rings (SSSR count). The van der Waals surface area contributed by atoms with Crippen LogP contribution in [0.2, 0.25) is 0 Å². The Morgan fingerprint density at radius 2 is 2.40 bits per heavy atom. The Hall–Kier alpha value is 0.210. The Morgan fingerprint density at radius 3 is 2.80 bits per heavy atom. The first-order valence-corrected chi connectivity index (χ1v) is 3.85. The summed E-state index contributed by atoms with van der Waals surface area (Å²) < 4.78 is 10.3. The standard InChI is InChI=1S/C7H13ClO2/c1-7(8)3-4-10-6(5-7)9-2/h6H,3-5H2,1-2H3/t6-,7+/m1/s1. The number of hydrogen-bond donors (Lipinski definition) is 0. The van der Waals surface area contributed by atoms with Gasteiger partial charge < -0.3 is 9.47 Å². The van der Waals surface area contributed by atoms with Crippen LogP contribution in [-0.4, -0.2) is 24.9 Å². The highest BCUT2D eigenvalue weighted by atomic mass is 35.5. The lowest BCUT2D eigenvalue weighted by Crippen LogP contribution is -2.34. The molecule has 60 valence electrons. The Kier molecular flexibility index (Phi) is 2.55. The van der Waals surface area contributed by atoms with Crippen molar-refractivity contribution in [2.75, 3.05) is 13.7 Å². The highest BCUT2D eigenvalue weighted by molar-refractivity contribution is 6.23. The summed E-state index contributed by atoms with van der Waals surface area (Å²) in [7, 11) is 1.64. The minimum absolute atomic E-state index is 0.101. The lowest BCUT2D eigenvalue weighted by Gasteiger charge is -2.32. The van der Waals surface area contributed by atoms with E-state index < -0.39 is 0 Å². The van der Waals surface area contributed by atoms with Crippen LogP contribution < -0.4 is 0 Å². The summed E-state index contributed by atoms with van der Waals surface area (Å²) in [6.07, 6.45) is 1.59. The molecular weight excluding hydrogens is 152 g/mol. The molecule has 0 amide bonds. The maximum Gasteiger partial charge on any atom is 0.158 e. The molecule has 1 fully saturated rings. The van der Waals surface area contributed by atoms with E-state index in [2.05, 4.69) is 0 Å². The molecule has 0 aromatic carbocycles. The molecule has 0 aromatic rings. The van der Waals surface area contributed by atoms with E-state index >= 15 is 0 Å². The van der Waals surface area contributed by atoms with Gasteiger partial charge in [0.15, 0.2) is 6.29 Å². The zero-order valence-electron chi connectivity index (χ0n) is 6.39. The van der Waals surface area contributed by atoms with Crippen LogP contribution >= 0.6 is 11.6 Å². The third-order valence-corrected chi connectivity index (χ3v) is 2.13. The topological polar surface area (TPSA) is 18.5 Å². The molecule has 1 aliphatic heterocycles. The highest BCUT2D eigenvalue weighted by Crippen LogP contribution is 2.30. The fraction of sp³-hybridized carbons (Fsp3) is 1.00. The summed E-state index contributed by atoms with van der Waals surface area (Å²) in [4.78, 5) is -0.126. The molecule has 2 atom stereocenters. The molecule has 0 aliphatic carbocycles. The lowest BCUT2D eigenvalue weighted by molar-refractivity contribution is -0.152. The first-order valence-electron chi connectivity index (χ1n) is 3.47. The second-order valence-electron chi connectivity index (χ2n) is 2.90. The first-order chi connectivity index (χ1) is 4.64. The second-order valence-corrected chi connectivity index (χ2v) is 3.82. The van der Waals surface area contributed by atoms with Gasteiger partial charge >= 0.3 is 0 Å². The largest absolute Gasteiger partial charge is 0.356 e. The second kappa shape index (κ2) is 3.07. The molecule has 0 aromatic heterocycles. The molecule has 2 nitrogen and oxygen atoms in total. The summed E-state index contributed by atoms with van der Waals surface area (Å²) in [5.41, 5.74) is 0. The van der Waals surface area contributed by atoms with Crippen LogP contribution in [0.15, 0.2) is 0 Å². The monoisotopic (exact) mass is 164 g/mol. The number of methoxy groups -OCH3 is 1. The minimum atomic E-state index is -0.126. The minimum Gasteiger partial charge on any atom is -0.356 e. The van der Waals surface area contributed by atoms with Crippen LogP contribution in [0.1, 0.15) is 19.8 Å². The van der Waals surface area contributed by atoms with E-state index in [1.165, 1.54) is 0 Å². The van der Waals surface area contributed by atoms with Gasteiger partial charge in [0.2, 0.25) is 0 Å². The molecule has 0 spiro atoms. The van der Waals surface area contributed by atoms with Gasteiger partial charge in [-0.2, -0.15) is 0 Å². The van der Waals surface area contributed by atoms with Crippen LogP contribution in [0.5, 0.6) is 0 Å². The molecule has 1 saturated heterocycles. The van der Waals surface area contributed by atoms with Crippen molar-refractivity contribution in [2.24, 2.45) is 0 Å². The Morgan fingerprint density at radius 1 is 1.70 bits per heavy atom. The summed E-state index contributed by atoms with van der Waals surface area (Å²) in [6.45, 7) is 2.72. The van der Waals surface area contributed by atoms with E-state index in [1.54, 1.807) is 7.11 Å². The van der Waals surface area contributed by atoms with Crippen molar-refractivity contribution >= 4 is 11.6 Å². The predicted molar refractivity (Wildman–Crippen MR) is 40.2 cm³/mol. The van der Waals surface area contributed by atoms with Gasteiger partial charge in [-0.15, -0.1) is 11.6 Å². The first kappa shape index (κ1) is 8.31. The van der Waals surface area contributed by atoms with Crippen LogP contribution in [0.3, 0.4) is 0 Å². The average Bonchev–Trinajstić information content (AvgIpc) is 1.86. The highest BCUT2D eigenvalue weighted by Gasteiger charge is 2.30. The summed E-state index contributed by atoms with van der Waals surface area (Å²) in [5.74, 6) is 0. The molecule has 0 radical (unpaired) electrons. The summed E-state index contributed by atoms with van der Waals surface area (Å²) >= 11 is 6.09. The molecule has 10 heavy (non-hydrogen) atoms. The normalized spacial score (nSPS) is 41.7. The average molecular weight is 165 g/mol. The van der Waals surface area contributed by atoms with Crippen LogP contribution in [0.25, 0.3) is 0 Å². The number of hydrogen-bond acceptors (Lipinski definition) is 2. The van der Waals surface area contributed by atoms with Gasteiger partial charge in [0.05, 0.1) is 6.61 Å². The summed E-state index contributed by atoms with van der Waals surface area (Å²) in [6, 6.07) is 0. The quantitative estimate of drug-likeness (QED) is 0.550. The van der Waals surface area contributed by atoms with E-state index in [0.717, 1.165) is 12.8 Å². The Labute approximate surface area is 66.5 Å². The molecule has 3 heteroatoms. The number of rotatable bonds is 1. The van der Waals surface area contributed by atoms with E-state index in [4.69, 9.17) is 21.1 Å². The van der Waals surface area contributed by atoms with Crippen molar-refractivity contribution in [3.63, 3.8) is 0 Å². The predicted octanol–water partition coefficient (Wildman–Crippen LogP) is 1.77. The van der Waals surface area contributed by atoms with Gasteiger partial charge in [-0.05, 0) is 13.3 Å². The van der Waals surface area contributed by atoms with Gasteiger partial charge in [0, 0.05) is 18.4 Å². The SMILES string of the molecule is CO[C@H]1C[C@@](C)(Cl)CCO1. The zero-order valence-corrected chi connectivity index (χ0v) is 7.15. The van der Waals surface area contributed by atoms with Gasteiger partial charge in [0.25, 0.3) is 0 Å². The van der Waals surface area contributed by atoms with E-state index in [1.807, 2.05) is 6.92 Å². The van der Waals surface area contributed by atoms with Crippen molar-refractivity contribution in [3.8, 4) is 0 Å². The smallest absolute Gasteiger partial charge is 0.158 e. The lowest BCUT2D eigenvalue weighted by atomic mass is 10.0. The van der Waals surface area contributed by atoms with Gasteiger partial charge in [-0.25, -0.2) is 0 Å². The van der Waals surface area contributed by atoms with Crippen molar-refractivity contribution in [2.45, 2.75) is 30.9 Å². The van der Waals surface area contributed by atoms with Gasteiger partial charge in [-0.3, -0.25) is 0 Å². The van der Waals surface area contributed by atoms with Gasteiger partial charge in [-0.1, -0.05) is 0 Å². The zero-order chi connectivity index (χ0) is 7.61. The molecule has 0 N–H and O–H groups in total. The van der Waals surface area contributed by atoms with Gasteiger partial charge in [0.1, 0.15) is 0 Å². The van der Waals surface area contributed by atoms with Crippen LogP contribution in [0.4, 0.5) is 0 Å². The van der Waals surface area contributed by atoms with Crippen molar-refractivity contribution in [3.05, 3.63) is 0 Å². The Bertz CT molecular complexity index is 114. The van der Waals surface area contributed by atoms with Crippen LogP contribution in [-0.2, 0) is 9.47 Å². The number of ether oxygens (including phenoxy) is 2. The van der Waals surface area contributed by atoms with E-state index in [9.17, 15) is 0 Å². The maximum absolute atomic E-state index is 6.09. The third kappa shape index (κ3) is 2.11. The molecule has 1 heterocycles. The third-order valence-electron chi connectivity index (χ3n) is 1.78. The maximum atomic E-state index is 6.09. The Balaban J connectivity index is 2.40. The van der Waals surface area contributed by atoms with E-state index in [-0.39, 0.29) is 11.2 Å². The van der Waals surface area contributed by atoms with Crippen molar-refractivity contribution < 1.29 is 9.47 Å². The molecule has 0 saturated carbocycles. The molecule has 1 aliphatic rings. The fourth-order valence-corrected chi connectivity index (χ4v) is 1.27. The van der Waals surface area contributed by atoms with Crippen molar-refractivity contribution in [1.29, 1.82) is 0 Å².